The molecule has 0 aliphatic carbocycles. The minimum atomic E-state index is 0.590. The van der Waals surface area contributed by atoms with E-state index in [9.17, 15) is 0 Å². The highest BCUT2D eigenvalue weighted by molar-refractivity contribution is 7.18. The van der Waals surface area contributed by atoms with Gasteiger partial charge in [0.15, 0.2) is 0 Å². The molecule has 90 valence electrons. The second-order valence-corrected chi connectivity index (χ2v) is 5.49. The Morgan fingerprint density at radius 1 is 1.47 bits per heavy atom. The van der Waals surface area contributed by atoms with Crippen LogP contribution in [-0.2, 0) is 0 Å². The number of fused-ring (bicyclic) bond motifs is 1. The predicted octanol–water partition coefficient (Wildman–Crippen LogP) is 2.77. The van der Waals surface area contributed by atoms with Crippen molar-refractivity contribution in [2.75, 3.05) is 20.2 Å². The van der Waals surface area contributed by atoms with Gasteiger partial charge in [-0.3, -0.25) is 0 Å². The quantitative estimate of drug-likeness (QED) is 0.887. The van der Waals surface area contributed by atoms with Gasteiger partial charge >= 0.3 is 0 Å². The third-order valence-electron chi connectivity index (χ3n) is 3.26. The molecule has 1 aromatic carbocycles. The lowest BCUT2D eigenvalue weighted by Crippen LogP contribution is -2.28. The zero-order chi connectivity index (χ0) is 11.7. The second-order valence-electron chi connectivity index (χ2n) is 4.43. The molecule has 0 saturated carbocycles. The van der Waals surface area contributed by atoms with Gasteiger partial charge in [0.25, 0.3) is 0 Å². The standard InChI is InChI=1S/C13H16N2OS/c1-16-10-4-5-12-11(7-10)15-13(17-12)9-3-2-6-14-8-9/h4-5,7,9,14H,2-3,6,8H2,1H3. The van der Waals surface area contributed by atoms with E-state index in [0.29, 0.717) is 5.92 Å². The van der Waals surface area contributed by atoms with Crippen LogP contribution < -0.4 is 10.1 Å². The van der Waals surface area contributed by atoms with Crippen molar-refractivity contribution in [2.45, 2.75) is 18.8 Å². The van der Waals surface area contributed by atoms with E-state index in [1.807, 2.05) is 23.5 Å². The van der Waals surface area contributed by atoms with Gasteiger partial charge in [-0.25, -0.2) is 4.98 Å². The van der Waals surface area contributed by atoms with Crippen LogP contribution >= 0.6 is 11.3 Å². The van der Waals surface area contributed by atoms with Crippen molar-refractivity contribution in [3.05, 3.63) is 23.2 Å². The summed E-state index contributed by atoms with van der Waals surface area (Å²) >= 11 is 1.82. The first-order valence-corrected chi connectivity index (χ1v) is 6.83. The second kappa shape index (κ2) is 4.63. The van der Waals surface area contributed by atoms with Crippen LogP contribution in [0, 0.1) is 0 Å². The summed E-state index contributed by atoms with van der Waals surface area (Å²) in [5.41, 5.74) is 1.06. The fraction of sp³-hybridized carbons (Fsp3) is 0.462. The first-order chi connectivity index (χ1) is 8.36. The maximum absolute atomic E-state index is 5.23. The molecule has 1 aromatic heterocycles. The average molecular weight is 248 g/mol. The van der Waals surface area contributed by atoms with Crippen molar-refractivity contribution < 1.29 is 4.74 Å². The molecule has 1 aliphatic heterocycles. The third kappa shape index (κ3) is 2.15. The maximum Gasteiger partial charge on any atom is 0.121 e. The zero-order valence-electron chi connectivity index (χ0n) is 9.90. The highest BCUT2D eigenvalue weighted by Crippen LogP contribution is 2.32. The maximum atomic E-state index is 5.23. The molecule has 1 unspecified atom stereocenters. The van der Waals surface area contributed by atoms with E-state index in [2.05, 4.69) is 11.4 Å². The molecule has 0 amide bonds. The number of nitrogens with zero attached hydrogens (tertiary/aromatic N) is 1. The van der Waals surface area contributed by atoms with Crippen LogP contribution in [0.5, 0.6) is 5.75 Å². The van der Waals surface area contributed by atoms with Crippen LogP contribution in [0.3, 0.4) is 0 Å². The van der Waals surface area contributed by atoms with Gasteiger partial charge in [0.2, 0.25) is 0 Å². The van der Waals surface area contributed by atoms with Crippen molar-refractivity contribution in [2.24, 2.45) is 0 Å². The van der Waals surface area contributed by atoms with Gasteiger partial charge in [-0.1, -0.05) is 0 Å². The Bertz CT molecular complexity index is 517. The minimum absolute atomic E-state index is 0.590. The fourth-order valence-corrected chi connectivity index (χ4v) is 3.37. The summed E-state index contributed by atoms with van der Waals surface area (Å²) in [6.07, 6.45) is 2.51. The van der Waals surface area contributed by atoms with E-state index in [1.54, 1.807) is 7.11 Å². The van der Waals surface area contributed by atoms with Gasteiger partial charge in [0.1, 0.15) is 5.75 Å². The number of hydrogen-bond acceptors (Lipinski definition) is 4. The highest BCUT2D eigenvalue weighted by Gasteiger charge is 2.18. The van der Waals surface area contributed by atoms with Crippen LogP contribution in [0.1, 0.15) is 23.8 Å². The molecule has 1 fully saturated rings. The average Bonchev–Trinajstić information content (AvgIpc) is 2.82. The lowest BCUT2D eigenvalue weighted by molar-refractivity contribution is 0.415. The zero-order valence-corrected chi connectivity index (χ0v) is 10.7. The largest absolute Gasteiger partial charge is 0.497 e. The van der Waals surface area contributed by atoms with Gasteiger partial charge in [-0.2, -0.15) is 0 Å². The molecular weight excluding hydrogens is 232 g/mol. The normalized spacial score (nSPS) is 20.6. The Kier molecular flexibility index (Phi) is 2.99. The summed E-state index contributed by atoms with van der Waals surface area (Å²) < 4.78 is 6.49. The molecule has 2 aromatic rings. The van der Waals surface area contributed by atoms with E-state index in [-0.39, 0.29) is 0 Å². The Morgan fingerprint density at radius 3 is 3.18 bits per heavy atom. The smallest absolute Gasteiger partial charge is 0.121 e. The summed E-state index contributed by atoms with van der Waals surface area (Å²) in [5, 5.41) is 4.71. The van der Waals surface area contributed by atoms with Crippen molar-refractivity contribution in [3.63, 3.8) is 0 Å². The monoisotopic (exact) mass is 248 g/mol. The lowest BCUT2D eigenvalue weighted by Gasteiger charge is -2.20. The number of rotatable bonds is 2. The number of hydrogen-bond donors (Lipinski definition) is 1. The number of aromatic nitrogens is 1. The van der Waals surface area contributed by atoms with Gasteiger partial charge in [0.05, 0.1) is 22.3 Å². The van der Waals surface area contributed by atoms with E-state index in [4.69, 9.17) is 9.72 Å². The van der Waals surface area contributed by atoms with E-state index in [0.717, 1.165) is 24.4 Å². The number of thiazole rings is 1. The van der Waals surface area contributed by atoms with Crippen molar-refractivity contribution in [3.8, 4) is 5.75 Å². The van der Waals surface area contributed by atoms with Crippen LogP contribution in [0.2, 0.25) is 0 Å². The number of benzene rings is 1. The van der Waals surface area contributed by atoms with Crippen LogP contribution in [0.4, 0.5) is 0 Å². The van der Waals surface area contributed by atoms with Gasteiger partial charge in [-0.05, 0) is 31.5 Å². The molecule has 3 rings (SSSR count). The number of nitrogens with one attached hydrogen (secondary N) is 1. The summed E-state index contributed by atoms with van der Waals surface area (Å²) in [7, 11) is 1.69. The minimum Gasteiger partial charge on any atom is -0.497 e. The van der Waals surface area contributed by atoms with E-state index < -0.39 is 0 Å². The Hall–Kier alpha value is -1.13. The molecule has 1 N–H and O–H groups in total. The molecular formula is C13H16N2OS. The van der Waals surface area contributed by atoms with Crippen molar-refractivity contribution in [1.29, 1.82) is 0 Å². The number of ether oxygens (including phenoxy) is 1. The summed E-state index contributed by atoms with van der Waals surface area (Å²) in [4.78, 5) is 4.74. The molecule has 0 bridgehead atoms. The van der Waals surface area contributed by atoms with Crippen molar-refractivity contribution in [1.82, 2.24) is 10.3 Å². The first-order valence-electron chi connectivity index (χ1n) is 6.02. The molecule has 17 heavy (non-hydrogen) atoms. The fourth-order valence-electron chi connectivity index (χ4n) is 2.29. The number of methoxy groups -OCH3 is 1. The Labute approximate surface area is 105 Å². The van der Waals surface area contributed by atoms with E-state index in [1.165, 1.54) is 22.5 Å². The van der Waals surface area contributed by atoms with Gasteiger partial charge in [-0.15, -0.1) is 11.3 Å². The van der Waals surface area contributed by atoms with E-state index >= 15 is 0 Å². The van der Waals surface area contributed by atoms with Gasteiger partial charge in [0, 0.05) is 18.5 Å². The van der Waals surface area contributed by atoms with Crippen LogP contribution in [0.15, 0.2) is 18.2 Å². The summed E-state index contributed by atoms with van der Waals surface area (Å²) in [6.45, 7) is 2.21. The summed E-state index contributed by atoms with van der Waals surface area (Å²) in [6, 6.07) is 6.13. The SMILES string of the molecule is COc1ccc2sc(C3CCCNC3)nc2c1. The first kappa shape index (κ1) is 11.0. The highest BCUT2D eigenvalue weighted by atomic mass is 32.1. The molecule has 4 heteroatoms. The molecule has 0 spiro atoms. The van der Waals surface area contributed by atoms with Gasteiger partial charge < -0.3 is 10.1 Å². The van der Waals surface area contributed by atoms with Crippen molar-refractivity contribution >= 4 is 21.6 Å². The third-order valence-corrected chi connectivity index (χ3v) is 4.46. The molecule has 2 heterocycles. The Morgan fingerprint density at radius 2 is 2.41 bits per heavy atom. The van der Waals surface area contributed by atoms with Crippen LogP contribution in [0.25, 0.3) is 10.2 Å². The molecule has 1 aliphatic rings. The molecule has 0 radical (unpaired) electrons. The molecule has 1 saturated heterocycles. The molecule has 3 nitrogen and oxygen atoms in total. The summed E-state index contributed by atoms with van der Waals surface area (Å²) in [5.74, 6) is 1.48. The molecule has 1 atom stereocenters. The number of piperidine rings is 1. The van der Waals surface area contributed by atoms with Crippen LogP contribution in [-0.4, -0.2) is 25.2 Å². The lowest BCUT2D eigenvalue weighted by atomic mass is 10.0. The predicted molar refractivity (Wildman–Crippen MR) is 71.0 cm³/mol. The Balaban J connectivity index is 1.95. The topological polar surface area (TPSA) is 34.1 Å².